The van der Waals surface area contributed by atoms with Gasteiger partial charge < -0.3 is 16.0 Å². The molecule has 3 amide bonds. The Balaban J connectivity index is 1.34. The van der Waals surface area contributed by atoms with Gasteiger partial charge in [0, 0.05) is 29.7 Å². The minimum Gasteiger partial charge on any atom is -0.354 e. The minimum absolute atomic E-state index is 0.0815. The Hall–Kier alpha value is -3.65. The number of rotatable bonds is 9. The van der Waals surface area contributed by atoms with Gasteiger partial charge in [-0.2, -0.15) is 0 Å². The Kier molecular flexibility index (Phi) is 8.19. The van der Waals surface area contributed by atoms with Gasteiger partial charge in [-0.25, -0.2) is 4.98 Å². The first-order valence-corrected chi connectivity index (χ1v) is 10.7. The second kappa shape index (κ2) is 11.5. The van der Waals surface area contributed by atoms with Crippen LogP contribution in [0, 0.1) is 0 Å². The van der Waals surface area contributed by atoms with Gasteiger partial charge in [-0.1, -0.05) is 36.4 Å². The highest BCUT2D eigenvalue weighted by atomic mass is 32.2. The van der Waals surface area contributed by atoms with Crippen molar-refractivity contribution in [3.8, 4) is 0 Å². The zero-order valence-electron chi connectivity index (χ0n) is 16.7. The lowest BCUT2D eigenvalue weighted by Gasteiger charge is -2.07. The zero-order valence-corrected chi connectivity index (χ0v) is 17.5. The van der Waals surface area contributed by atoms with Crippen molar-refractivity contribution in [3.05, 3.63) is 90.1 Å². The van der Waals surface area contributed by atoms with E-state index in [9.17, 15) is 14.4 Å². The molecule has 0 bridgehead atoms. The molecule has 0 atom stereocenters. The smallest absolute Gasteiger partial charge is 0.257 e. The molecule has 2 aromatic carbocycles. The number of hydrogen-bond acceptors (Lipinski definition) is 5. The van der Waals surface area contributed by atoms with Crippen LogP contribution >= 0.6 is 11.8 Å². The molecule has 0 spiro atoms. The lowest BCUT2D eigenvalue weighted by molar-refractivity contribution is -0.120. The number of carbonyl (C=O) groups is 3. The Morgan fingerprint density at radius 1 is 0.774 bits per heavy atom. The summed E-state index contributed by atoms with van der Waals surface area (Å²) in [5.41, 5.74) is 1.70. The zero-order chi connectivity index (χ0) is 21.9. The third-order valence-corrected chi connectivity index (χ3v) is 5.10. The number of benzene rings is 2. The van der Waals surface area contributed by atoms with E-state index in [1.54, 1.807) is 36.4 Å². The van der Waals surface area contributed by atoms with E-state index < -0.39 is 0 Å². The molecule has 3 aromatic rings. The van der Waals surface area contributed by atoms with E-state index in [-0.39, 0.29) is 24.3 Å². The highest BCUT2D eigenvalue weighted by Crippen LogP contribution is 2.15. The van der Waals surface area contributed by atoms with Gasteiger partial charge in [0.1, 0.15) is 0 Å². The summed E-state index contributed by atoms with van der Waals surface area (Å²) in [4.78, 5) is 40.3. The summed E-state index contributed by atoms with van der Waals surface area (Å²) >= 11 is 1.46. The third kappa shape index (κ3) is 7.27. The summed E-state index contributed by atoms with van der Waals surface area (Å²) in [5.74, 6) is -0.155. The van der Waals surface area contributed by atoms with Gasteiger partial charge in [0.25, 0.3) is 11.8 Å². The second-order valence-electron chi connectivity index (χ2n) is 6.45. The summed E-state index contributed by atoms with van der Waals surface area (Å²) < 4.78 is 0. The average Bonchev–Trinajstić information content (AvgIpc) is 2.82. The fourth-order valence-corrected chi connectivity index (χ4v) is 3.29. The summed E-state index contributed by atoms with van der Waals surface area (Å²) in [5, 5.41) is 8.90. The largest absolute Gasteiger partial charge is 0.354 e. The average molecular weight is 435 g/mol. The maximum atomic E-state index is 12.2. The molecule has 0 aliphatic carbocycles. The van der Waals surface area contributed by atoms with Gasteiger partial charge in [-0.3, -0.25) is 14.4 Å². The van der Waals surface area contributed by atoms with Gasteiger partial charge in [-0.05, 0) is 36.4 Å². The molecule has 1 heterocycles. The first kappa shape index (κ1) is 22.0. The Morgan fingerprint density at radius 3 is 2.16 bits per heavy atom. The molecular weight excluding hydrogens is 412 g/mol. The molecule has 3 rings (SSSR count). The van der Waals surface area contributed by atoms with Crippen molar-refractivity contribution in [1.29, 1.82) is 0 Å². The molecule has 0 aliphatic heterocycles. The van der Waals surface area contributed by atoms with Gasteiger partial charge >= 0.3 is 0 Å². The fourth-order valence-electron chi connectivity index (χ4n) is 2.59. The van der Waals surface area contributed by atoms with E-state index in [1.165, 1.54) is 18.0 Å². The van der Waals surface area contributed by atoms with Crippen LogP contribution in [0.5, 0.6) is 0 Å². The van der Waals surface area contributed by atoms with Crippen LogP contribution in [-0.2, 0) is 4.79 Å². The van der Waals surface area contributed by atoms with E-state index >= 15 is 0 Å². The number of carbonyl (C=O) groups excluding carboxylic acids is 3. The second-order valence-corrected chi connectivity index (χ2v) is 7.57. The molecule has 7 nitrogen and oxygen atoms in total. The molecule has 158 valence electrons. The van der Waals surface area contributed by atoms with Crippen LogP contribution in [0.3, 0.4) is 0 Å². The maximum Gasteiger partial charge on any atom is 0.257 e. The van der Waals surface area contributed by atoms with Crippen molar-refractivity contribution in [2.45, 2.75) is 5.03 Å². The maximum absolute atomic E-state index is 12.2. The van der Waals surface area contributed by atoms with Crippen molar-refractivity contribution >= 4 is 35.2 Å². The summed E-state index contributed by atoms with van der Waals surface area (Å²) in [6.07, 6.45) is 1.53. The molecular formula is C23H22N4O3S. The SMILES string of the molecule is O=C(CNC(=O)c1ccccc1)NCCSc1ccc(C(=O)Nc2ccccc2)cn1. The molecule has 0 fully saturated rings. The number of aromatic nitrogens is 1. The van der Waals surface area contributed by atoms with Crippen molar-refractivity contribution in [1.82, 2.24) is 15.6 Å². The molecule has 0 aliphatic rings. The molecule has 0 radical (unpaired) electrons. The predicted octanol–water partition coefficient (Wildman–Crippen LogP) is 2.97. The number of nitrogens with zero attached hydrogens (tertiary/aromatic N) is 1. The van der Waals surface area contributed by atoms with E-state index in [4.69, 9.17) is 0 Å². The first-order chi connectivity index (χ1) is 15.1. The summed E-state index contributed by atoms with van der Waals surface area (Å²) in [6, 6.07) is 21.4. The molecule has 31 heavy (non-hydrogen) atoms. The van der Waals surface area contributed by atoms with Crippen LogP contribution < -0.4 is 16.0 Å². The van der Waals surface area contributed by atoms with E-state index in [0.717, 1.165) is 10.7 Å². The predicted molar refractivity (Wildman–Crippen MR) is 121 cm³/mol. The van der Waals surface area contributed by atoms with Gasteiger partial charge in [0.2, 0.25) is 5.91 Å². The molecule has 0 unspecified atom stereocenters. The van der Waals surface area contributed by atoms with E-state index in [1.807, 2.05) is 36.4 Å². The van der Waals surface area contributed by atoms with Crippen LogP contribution in [0.25, 0.3) is 0 Å². The fraction of sp³-hybridized carbons (Fsp3) is 0.130. The quantitative estimate of drug-likeness (QED) is 0.355. The standard InChI is InChI=1S/C23H22N4O3S/c28-20(16-26-22(29)17-7-3-1-4-8-17)24-13-14-31-21-12-11-18(15-25-21)23(30)27-19-9-5-2-6-10-19/h1-12,15H,13-14,16H2,(H,24,28)(H,26,29)(H,27,30). The van der Waals surface area contributed by atoms with E-state index in [2.05, 4.69) is 20.9 Å². The third-order valence-electron chi connectivity index (χ3n) is 4.15. The van der Waals surface area contributed by atoms with Crippen molar-refractivity contribution < 1.29 is 14.4 Å². The monoisotopic (exact) mass is 434 g/mol. The number of nitrogens with one attached hydrogen (secondary N) is 3. The molecule has 8 heteroatoms. The van der Waals surface area contributed by atoms with Crippen molar-refractivity contribution in [2.24, 2.45) is 0 Å². The summed E-state index contributed by atoms with van der Waals surface area (Å²) in [7, 11) is 0. The lowest BCUT2D eigenvalue weighted by Crippen LogP contribution is -2.37. The minimum atomic E-state index is -0.286. The molecule has 3 N–H and O–H groups in total. The Morgan fingerprint density at radius 2 is 1.48 bits per heavy atom. The van der Waals surface area contributed by atoms with E-state index in [0.29, 0.717) is 23.4 Å². The number of anilines is 1. The highest BCUT2D eigenvalue weighted by molar-refractivity contribution is 7.99. The molecule has 0 saturated carbocycles. The number of hydrogen-bond donors (Lipinski definition) is 3. The van der Waals surface area contributed by atoms with Crippen LogP contribution in [0.15, 0.2) is 84.0 Å². The first-order valence-electron chi connectivity index (χ1n) is 9.67. The highest BCUT2D eigenvalue weighted by Gasteiger charge is 2.08. The van der Waals surface area contributed by atoms with Gasteiger partial charge in [0.15, 0.2) is 0 Å². The van der Waals surface area contributed by atoms with Crippen LogP contribution in [0.2, 0.25) is 0 Å². The number of amides is 3. The Bertz CT molecular complexity index is 1010. The number of pyridine rings is 1. The van der Waals surface area contributed by atoms with Crippen molar-refractivity contribution in [2.75, 3.05) is 24.2 Å². The van der Waals surface area contributed by atoms with Crippen molar-refractivity contribution in [3.63, 3.8) is 0 Å². The number of para-hydroxylation sites is 1. The normalized spacial score (nSPS) is 10.2. The topological polar surface area (TPSA) is 100 Å². The van der Waals surface area contributed by atoms with Crippen LogP contribution in [0.4, 0.5) is 5.69 Å². The van der Waals surface area contributed by atoms with Crippen LogP contribution in [-0.4, -0.2) is 41.5 Å². The Labute approximate surface area is 184 Å². The molecule has 1 aromatic heterocycles. The summed E-state index contributed by atoms with van der Waals surface area (Å²) in [6.45, 7) is 0.352. The van der Waals surface area contributed by atoms with Gasteiger partial charge in [-0.15, -0.1) is 11.8 Å². The van der Waals surface area contributed by atoms with Crippen LogP contribution in [0.1, 0.15) is 20.7 Å². The lowest BCUT2D eigenvalue weighted by atomic mass is 10.2. The number of thioether (sulfide) groups is 1. The molecule has 0 saturated heterocycles. The van der Waals surface area contributed by atoms with Gasteiger partial charge in [0.05, 0.1) is 17.1 Å².